The van der Waals surface area contributed by atoms with Gasteiger partial charge in [0.2, 0.25) is 0 Å². The summed E-state index contributed by atoms with van der Waals surface area (Å²) in [5.74, 6) is 2.11. The van der Waals surface area contributed by atoms with Crippen molar-refractivity contribution in [1.82, 2.24) is 0 Å². The van der Waals surface area contributed by atoms with Crippen molar-refractivity contribution in [3.8, 4) is 0 Å². The third-order valence-electron chi connectivity index (χ3n) is 9.44. The number of ether oxygens (including phenoxy) is 1. The molecule has 40 heavy (non-hydrogen) atoms. The Morgan fingerprint density at radius 2 is 1.27 bits per heavy atom. The summed E-state index contributed by atoms with van der Waals surface area (Å²) < 4.78 is 30.2. The van der Waals surface area contributed by atoms with E-state index in [0.29, 0.717) is 18.7 Å². The Hall–Kier alpha value is 0.380. The summed E-state index contributed by atoms with van der Waals surface area (Å²) in [4.78, 5) is 10.4. The number of fused-ring (bicyclic) bond motifs is 2. The number of phosphoric ester groups is 1. The Kier molecular flexibility index (Phi) is 19.3. The minimum Gasteiger partial charge on any atom is -0.384 e. The highest BCUT2D eigenvalue weighted by atomic mass is 32.2. The summed E-state index contributed by atoms with van der Waals surface area (Å²) in [7, 11) is 2.18. The summed E-state index contributed by atoms with van der Waals surface area (Å²) in [6.07, 6.45) is 26.1. The SMILES string of the molecule is CCCCCCCCCCCCCCCCCCSCC(COC)COP(=O)(O)OC1CC2CCC(C1)[N+]2(C)C. The van der Waals surface area contributed by atoms with Crippen molar-refractivity contribution in [3.63, 3.8) is 0 Å². The lowest BCUT2D eigenvalue weighted by Crippen LogP contribution is -2.55. The molecular weight excluding hydrogens is 541 g/mol. The van der Waals surface area contributed by atoms with E-state index in [0.717, 1.165) is 28.8 Å². The molecule has 2 heterocycles. The Labute approximate surface area is 252 Å². The molecule has 0 aliphatic carbocycles. The van der Waals surface area contributed by atoms with Crippen molar-refractivity contribution in [1.29, 1.82) is 0 Å². The Bertz CT molecular complexity index is 666. The van der Waals surface area contributed by atoms with Crippen LogP contribution < -0.4 is 0 Å². The van der Waals surface area contributed by atoms with Crippen LogP contribution in [-0.2, 0) is 18.3 Å². The zero-order valence-corrected chi connectivity index (χ0v) is 28.4. The average molecular weight is 607 g/mol. The number of quaternary nitrogens is 1. The van der Waals surface area contributed by atoms with Gasteiger partial charge in [-0.1, -0.05) is 103 Å². The molecule has 0 saturated carbocycles. The molecule has 2 saturated heterocycles. The fraction of sp³-hybridized carbons (Fsp3) is 1.00. The molecule has 2 fully saturated rings. The van der Waals surface area contributed by atoms with E-state index in [4.69, 9.17) is 13.8 Å². The number of hydrogen-bond acceptors (Lipinski definition) is 5. The van der Waals surface area contributed by atoms with Crippen LogP contribution in [0, 0.1) is 5.92 Å². The van der Waals surface area contributed by atoms with Gasteiger partial charge in [-0.3, -0.25) is 9.05 Å². The van der Waals surface area contributed by atoms with Crippen LogP contribution in [0.4, 0.5) is 0 Å². The van der Waals surface area contributed by atoms with Gasteiger partial charge in [0.25, 0.3) is 0 Å². The quantitative estimate of drug-likeness (QED) is 0.0602. The lowest BCUT2D eigenvalue weighted by atomic mass is 9.98. The third kappa shape index (κ3) is 15.2. The molecule has 0 aromatic carbocycles. The Morgan fingerprint density at radius 1 is 0.800 bits per heavy atom. The van der Waals surface area contributed by atoms with E-state index in [1.807, 2.05) is 11.8 Å². The first kappa shape index (κ1) is 36.6. The minimum atomic E-state index is -4.06. The van der Waals surface area contributed by atoms with Gasteiger partial charge in [-0.15, -0.1) is 0 Å². The maximum absolute atomic E-state index is 12.7. The van der Waals surface area contributed by atoms with Gasteiger partial charge in [-0.25, -0.2) is 4.57 Å². The molecule has 2 rings (SSSR count). The van der Waals surface area contributed by atoms with Crippen molar-refractivity contribution in [2.75, 3.05) is 45.9 Å². The maximum atomic E-state index is 12.7. The number of methoxy groups -OCH3 is 1. The zero-order chi connectivity index (χ0) is 29.1. The van der Waals surface area contributed by atoms with Crippen LogP contribution in [0.1, 0.15) is 135 Å². The number of hydrogen-bond donors (Lipinski definition) is 1. The monoisotopic (exact) mass is 606 g/mol. The van der Waals surface area contributed by atoms with Gasteiger partial charge in [-0.2, -0.15) is 11.8 Å². The topological polar surface area (TPSA) is 65.0 Å². The number of unbranched alkanes of at least 4 members (excludes halogenated alkanes) is 15. The van der Waals surface area contributed by atoms with E-state index in [2.05, 4.69) is 21.0 Å². The van der Waals surface area contributed by atoms with Crippen molar-refractivity contribution >= 4 is 19.6 Å². The lowest BCUT2D eigenvalue weighted by molar-refractivity contribution is -0.931. The van der Waals surface area contributed by atoms with Crippen molar-refractivity contribution in [2.45, 2.75) is 154 Å². The van der Waals surface area contributed by atoms with Crippen molar-refractivity contribution in [3.05, 3.63) is 0 Å². The molecule has 2 bridgehead atoms. The fourth-order valence-corrected chi connectivity index (χ4v) is 8.83. The van der Waals surface area contributed by atoms with Crippen LogP contribution >= 0.6 is 19.6 Å². The van der Waals surface area contributed by atoms with Gasteiger partial charge in [0.1, 0.15) is 0 Å². The van der Waals surface area contributed by atoms with E-state index in [1.165, 1.54) is 116 Å². The van der Waals surface area contributed by atoms with E-state index in [-0.39, 0.29) is 18.6 Å². The van der Waals surface area contributed by atoms with Gasteiger partial charge >= 0.3 is 7.82 Å². The smallest absolute Gasteiger partial charge is 0.384 e. The van der Waals surface area contributed by atoms with E-state index in [1.54, 1.807) is 7.11 Å². The van der Waals surface area contributed by atoms with E-state index < -0.39 is 7.82 Å². The first-order chi connectivity index (χ1) is 19.3. The van der Waals surface area contributed by atoms with Crippen LogP contribution in [0.15, 0.2) is 0 Å². The lowest BCUT2D eigenvalue weighted by Gasteiger charge is -2.44. The predicted molar refractivity (Wildman–Crippen MR) is 171 cm³/mol. The minimum absolute atomic E-state index is 0.0956. The largest absolute Gasteiger partial charge is 0.472 e. The first-order valence-electron chi connectivity index (χ1n) is 16.8. The second-order valence-electron chi connectivity index (χ2n) is 13.2. The molecule has 1 N–H and O–H groups in total. The normalized spacial score (nSPS) is 24.3. The summed E-state index contributed by atoms with van der Waals surface area (Å²) in [5, 5.41) is 0. The molecule has 238 valence electrons. The van der Waals surface area contributed by atoms with Crippen LogP contribution in [0.25, 0.3) is 0 Å². The highest BCUT2D eigenvalue weighted by molar-refractivity contribution is 7.99. The molecule has 2 aliphatic heterocycles. The van der Waals surface area contributed by atoms with Gasteiger partial charge in [-0.05, 0) is 12.2 Å². The standard InChI is InChI=1S/C32H64NO5PS/c1-5-6-7-8-9-10-11-12-13-14-15-16-17-18-19-20-23-40-28-29(26-36-4)27-37-39(34,35)38-32-24-30-21-22-31(25-32)33(30,2)3/h29-32H,5-28H2,1-4H3/p+1. The van der Waals surface area contributed by atoms with Crippen molar-refractivity contribution < 1.29 is 27.7 Å². The second-order valence-corrected chi connectivity index (χ2v) is 15.7. The van der Waals surface area contributed by atoms with Gasteiger partial charge in [0, 0.05) is 44.5 Å². The second kappa shape index (κ2) is 21.1. The number of rotatable bonds is 26. The van der Waals surface area contributed by atoms with Crippen LogP contribution in [-0.4, -0.2) is 73.5 Å². The summed E-state index contributed by atoms with van der Waals surface area (Å²) in [6, 6.07) is 1.04. The highest BCUT2D eigenvalue weighted by Gasteiger charge is 2.50. The van der Waals surface area contributed by atoms with Gasteiger partial charge in [0.15, 0.2) is 0 Å². The molecule has 2 aliphatic rings. The Morgan fingerprint density at radius 3 is 1.75 bits per heavy atom. The predicted octanol–water partition coefficient (Wildman–Crippen LogP) is 9.15. The van der Waals surface area contributed by atoms with Gasteiger partial charge in [0.05, 0.1) is 45.5 Å². The zero-order valence-electron chi connectivity index (χ0n) is 26.7. The molecule has 4 unspecified atom stereocenters. The fourth-order valence-electron chi connectivity index (χ4n) is 6.72. The van der Waals surface area contributed by atoms with E-state index >= 15 is 0 Å². The molecule has 0 amide bonds. The summed E-state index contributed by atoms with van der Waals surface area (Å²) >= 11 is 1.91. The molecular formula is C32H65NO5PS+. The third-order valence-corrected chi connectivity index (χ3v) is 11.8. The van der Waals surface area contributed by atoms with Crippen LogP contribution in [0.3, 0.4) is 0 Å². The summed E-state index contributed by atoms with van der Waals surface area (Å²) in [5.41, 5.74) is 0. The molecule has 0 aromatic heterocycles. The molecule has 6 nitrogen and oxygen atoms in total. The maximum Gasteiger partial charge on any atom is 0.472 e. The number of thioether (sulfide) groups is 1. The van der Waals surface area contributed by atoms with Crippen molar-refractivity contribution in [2.24, 2.45) is 5.92 Å². The van der Waals surface area contributed by atoms with Crippen LogP contribution in [0.5, 0.6) is 0 Å². The highest BCUT2D eigenvalue weighted by Crippen LogP contribution is 2.50. The molecule has 0 spiro atoms. The van der Waals surface area contributed by atoms with Crippen LogP contribution in [0.2, 0.25) is 0 Å². The number of phosphoric acid groups is 1. The molecule has 0 aromatic rings. The number of piperidine rings is 1. The molecule has 8 heteroatoms. The average Bonchev–Trinajstić information content (AvgIpc) is 3.06. The molecule has 4 atom stereocenters. The summed E-state index contributed by atoms with van der Waals surface area (Å²) in [6.45, 7) is 3.02. The Balaban J connectivity index is 1.42. The van der Waals surface area contributed by atoms with Gasteiger partial charge < -0.3 is 14.1 Å². The molecule has 0 radical (unpaired) electrons. The first-order valence-corrected chi connectivity index (χ1v) is 19.5. The van der Waals surface area contributed by atoms with E-state index in [9.17, 15) is 9.46 Å². The number of nitrogens with zero attached hydrogens (tertiary/aromatic N) is 1.